The highest BCUT2D eigenvalue weighted by Gasteiger charge is 2.03. The van der Waals surface area contributed by atoms with Crippen LogP contribution in [0.5, 0.6) is 0 Å². The summed E-state index contributed by atoms with van der Waals surface area (Å²) in [6.07, 6.45) is 8.43. The van der Waals surface area contributed by atoms with Gasteiger partial charge >= 0.3 is 5.97 Å². The quantitative estimate of drug-likeness (QED) is 0.625. The van der Waals surface area contributed by atoms with Crippen LogP contribution in [0, 0.1) is 5.92 Å². The Labute approximate surface area is 66.5 Å². The summed E-state index contributed by atoms with van der Waals surface area (Å²) >= 11 is 0. The first-order valence-electron chi connectivity index (χ1n) is 3.37. The number of rotatable bonds is 4. The smallest absolute Gasteiger partial charge is 0.310 e. The van der Waals surface area contributed by atoms with E-state index >= 15 is 0 Å². The highest BCUT2D eigenvalue weighted by Crippen LogP contribution is 1.96. The molecular formula is C9H12O2. The lowest BCUT2D eigenvalue weighted by Crippen LogP contribution is -2.05. The Morgan fingerprint density at radius 1 is 1.45 bits per heavy atom. The molecule has 0 amide bonds. The molecule has 11 heavy (non-hydrogen) atoms. The maximum Gasteiger partial charge on any atom is 0.310 e. The molecule has 1 unspecified atom stereocenters. The van der Waals surface area contributed by atoms with Gasteiger partial charge in [0.25, 0.3) is 0 Å². The summed E-state index contributed by atoms with van der Waals surface area (Å²) in [4.78, 5) is 10.3. The molecule has 0 aliphatic heterocycles. The minimum atomic E-state index is -0.812. The fourth-order valence-electron chi connectivity index (χ4n) is 0.456. The maximum absolute atomic E-state index is 10.3. The first-order valence-corrected chi connectivity index (χ1v) is 3.37. The predicted octanol–water partition coefficient (Wildman–Crippen LogP) is 2.01. The van der Waals surface area contributed by atoms with Crippen LogP contribution in [-0.4, -0.2) is 11.1 Å². The normalized spacial score (nSPS) is 13.9. The largest absolute Gasteiger partial charge is 0.481 e. The molecule has 60 valence electrons. The van der Waals surface area contributed by atoms with E-state index in [1.54, 1.807) is 37.3 Å². The molecule has 0 aromatic heterocycles. The van der Waals surface area contributed by atoms with Gasteiger partial charge in [0.15, 0.2) is 0 Å². The second-order valence-electron chi connectivity index (χ2n) is 2.13. The van der Waals surface area contributed by atoms with Crippen molar-refractivity contribution in [2.75, 3.05) is 0 Å². The number of aliphatic carboxylic acids is 1. The summed E-state index contributed by atoms with van der Waals surface area (Å²) < 4.78 is 0. The van der Waals surface area contributed by atoms with Crippen molar-refractivity contribution in [3.05, 3.63) is 37.0 Å². The summed E-state index contributed by atoms with van der Waals surface area (Å²) in [5, 5.41) is 8.44. The predicted molar refractivity (Wildman–Crippen MR) is 45.3 cm³/mol. The third kappa shape index (κ3) is 5.15. The van der Waals surface area contributed by atoms with Crippen LogP contribution >= 0.6 is 0 Å². The van der Waals surface area contributed by atoms with E-state index in [2.05, 4.69) is 6.58 Å². The van der Waals surface area contributed by atoms with Crippen molar-refractivity contribution in [3.63, 3.8) is 0 Å². The lowest BCUT2D eigenvalue weighted by atomic mass is 10.2. The average molecular weight is 152 g/mol. The minimum Gasteiger partial charge on any atom is -0.481 e. The lowest BCUT2D eigenvalue weighted by molar-refractivity contribution is -0.139. The molecule has 0 bridgehead atoms. The van der Waals surface area contributed by atoms with Gasteiger partial charge in [-0.25, -0.2) is 0 Å². The van der Waals surface area contributed by atoms with Gasteiger partial charge in [-0.2, -0.15) is 0 Å². The molecule has 0 aliphatic carbocycles. The summed E-state index contributed by atoms with van der Waals surface area (Å²) in [6, 6.07) is 0. The van der Waals surface area contributed by atoms with E-state index in [1.807, 2.05) is 0 Å². The van der Waals surface area contributed by atoms with Crippen molar-refractivity contribution in [2.45, 2.75) is 6.92 Å². The van der Waals surface area contributed by atoms with E-state index in [0.29, 0.717) is 0 Å². The summed E-state index contributed by atoms with van der Waals surface area (Å²) in [7, 11) is 0. The van der Waals surface area contributed by atoms with Crippen LogP contribution < -0.4 is 0 Å². The molecule has 0 aromatic rings. The first kappa shape index (κ1) is 9.69. The summed E-state index contributed by atoms with van der Waals surface area (Å²) in [6.45, 7) is 5.10. The number of allylic oxidation sites excluding steroid dienone is 4. The molecule has 1 N–H and O–H groups in total. The molecular weight excluding hydrogens is 140 g/mol. The van der Waals surface area contributed by atoms with Crippen molar-refractivity contribution < 1.29 is 9.90 Å². The molecule has 0 aromatic carbocycles. The van der Waals surface area contributed by atoms with Crippen molar-refractivity contribution in [3.8, 4) is 0 Å². The molecule has 1 atom stereocenters. The van der Waals surface area contributed by atoms with E-state index in [0.717, 1.165) is 0 Å². The van der Waals surface area contributed by atoms with Gasteiger partial charge in [-0.15, -0.1) is 0 Å². The van der Waals surface area contributed by atoms with E-state index in [-0.39, 0.29) is 0 Å². The van der Waals surface area contributed by atoms with Crippen LogP contribution in [0.25, 0.3) is 0 Å². The molecule has 0 aliphatic rings. The Morgan fingerprint density at radius 3 is 2.55 bits per heavy atom. The highest BCUT2D eigenvalue weighted by molar-refractivity contribution is 5.71. The Morgan fingerprint density at radius 2 is 2.09 bits per heavy atom. The zero-order chi connectivity index (χ0) is 8.69. The molecule has 0 saturated heterocycles. The molecule has 0 spiro atoms. The summed E-state index contributed by atoms with van der Waals surface area (Å²) in [5.74, 6) is -1.24. The van der Waals surface area contributed by atoms with Gasteiger partial charge in [0.2, 0.25) is 0 Å². The molecule has 2 nitrogen and oxygen atoms in total. The van der Waals surface area contributed by atoms with Crippen LogP contribution in [0.2, 0.25) is 0 Å². The monoisotopic (exact) mass is 152 g/mol. The molecule has 0 radical (unpaired) electrons. The van der Waals surface area contributed by atoms with Gasteiger partial charge in [-0.3, -0.25) is 4.79 Å². The van der Waals surface area contributed by atoms with E-state index in [4.69, 9.17) is 5.11 Å². The van der Waals surface area contributed by atoms with Gasteiger partial charge in [0.05, 0.1) is 5.92 Å². The van der Waals surface area contributed by atoms with Gasteiger partial charge in [-0.1, -0.05) is 37.0 Å². The Kier molecular flexibility index (Phi) is 4.82. The molecule has 0 saturated carbocycles. The van der Waals surface area contributed by atoms with Gasteiger partial charge in [0, 0.05) is 0 Å². The maximum atomic E-state index is 10.3. The second kappa shape index (κ2) is 5.47. The zero-order valence-electron chi connectivity index (χ0n) is 6.53. The van der Waals surface area contributed by atoms with Gasteiger partial charge in [0.1, 0.15) is 0 Å². The highest BCUT2D eigenvalue weighted by atomic mass is 16.4. The molecule has 2 heteroatoms. The Balaban J connectivity index is 3.82. The van der Waals surface area contributed by atoms with Crippen molar-refractivity contribution >= 4 is 5.97 Å². The van der Waals surface area contributed by atoms with Crippen LogP contribution in [0.4, 0.5) is 0 Å². The van der Waals surface area contributed by atoms with Crippen molar-refractivity contribution in [1.82, 2.24) is 0 Å². The average Bonchev–Trinajstić information content (AvgIpc) is 1.97. The number of hydrogen-bond acceptors (Lipinski definition) is 1. The minimum absolute atomic E-state index is 0.426. The second-order valence-corrected chi connectivity index (χ2v) is 2.13. The third-order valence-electron chi connectivity index (χ3n) is 1.15. The molecule has 0 fully saturated rings. The SMILES string of the molecule is C=C/C=C/C=C/C(C)C(=O)O. The van der Waals surface area contributed by atoms with Crippen molar-refractivity contribution in [2.24, 2.45) is 5.92 Å². The number of carboxylic acids is 1. The molecule has 0 rings (SSSR count). The van der Waals surface area contributed by atoms with Crippen LogP contribution in [0.15, 0.2) is 37.0 Å². The number of carbonyl (C=O) groups is 1. The summed E-state index contributed by atoms with van der Waals surface area (Å²) in [5.41, 5.74) is 0. The van der Waals surface area contributed by atoms with Crippen molar-refractivity contribution in [1.29, 1.82) is 0 Å². The van der Waals surface area contributed by atoms with E-state index in [1.165, 1.54) is 0 Å². The first-order chi connectivity index (χ1) is 5.18. The Hall–Kier alpha value is -1.31. The third-order valence-corrected chi connectivity index (χ3v) is 1.15. The standard InChI is InChI=1S/C9H12O2/c1-3-4-5-6-7-8(2)9(10)11/h3-8H,1H2,2H3,(H,10,11)/b5-4+,7-6+. The van der Waals surface area contributed by atoms with E-state index < -0.39 is 11.9 Å². The van der Waals surface area contributed by atoms with Crippen LogP contribution in [0.3, 0.4) is 0 Å². The van der Waals surface area contributed by atoms with E-state index in [9.17, 15) is 4.79 Å². The van der Waals surface area contributed by atoms with Crippen LogP contribution in [-0.2, 0) is 4.79 Å². The fourth-order valence-corrected chi connectivity index (χ4v) is 0.456. The van der Waals surface area contributed by atoms with Gasteiger partial charge in [-0.05, 0) is 6.92 Å². The van der Waals surface area contributed by atoms with Crippen LogP contribution in [0.1, 0.15) is 6.92 Å². The number of hydrogen-bond donors (Lipinski definition) is 1. The lowest BCUT2D eigenvalue weighted by Gasteiger charge is -1.94. The zero-order valence-corrected chi connectivity index (χ0v) is 6.53. The molecule has 0 heterocycles. The van der Waals surface area contributed by atoms with Gasteiger partial charge < -0.3 is 5.11 Å². The number of carboxylic acid groups (broad SMARTS) is 1. The topological polar surface area (TPSA) is 37.3 Å². The fraction of sp³-hybridized carbons (Fsp3) is 0.222. The Bertz CT molecular complexity index is 190.